The standard InChI is InChI=1S/C11H8Cl4O2/c1-6(5-11(14,15)10(16)17)7-2-8(12)4-9(13)3-7/h2-4H,1,5H2,(H,16,17). The Kier molecular flexibility index (Phi) is 4.73. The highest BCUT2D eigenvalue weighted by Crippen LogP contribution is 2.34. The Morgan fingerprint density at radius 3 is 2.12 bits per heavy atom. The lowest BCUT2D eigenvalue weighted by Gasteiger charge is -2.16. The number of carbonyl (C=O) groups is 1. The average molecular weight is 314 g/mol. The summed E-state index contributed by atoms with van der Waals surface area (Å²) >= 11 is 22.9. The van der Waals surface area contributed by atoms with Gasteiger partial charge in [0, 0.05) is 16.5 Å². The number of carboxylic acids is 1. The molecule has 0 unspecified atom stereocenters. The number of alkyl halides is 2. The van der Waals surface area contributed by atoms with Gasteiger partial charge in [-0.2, -0.15) is 0 Å². The zero-order chi connectivity index (χ0) is 13.2. The Hall–Kier alpha value is -0.410. The minimum atomic E-state index is -1.91. The first-order valence-electron chi connectivity index (χ1n) is 4.48. The summed E-state index contributed by atoms with van der Waals surface area (Å²) in [5.41, 5.74) is 1.05. The molecule has 1 rings (SSSR count). The van der Waals surface area contributed by atoms with Crippen molar-refractivity contribution in [2.24, 2.45) is 0 Å². The monoisotopic (exact) mass is 312 g/mol. The van der Waals surface area contributed by atoms with E-state index in [0.29, 0.717) is 21.2 Å². The molecule has 0 heterocycles. The van der Waals surface area contributed by atoms with Crippen molar-refractivity contribution in [2.45, 2.75) is 10.8 Å². The van der Waals surface area contributed by atoms with Crippen LogP contribution in [0.15, 0.2) is 24.8 Å². The van der Waals surface area contributed by atoms with Crippen molar-refractivity contribution in [3.8, 4) is 0 Å². The Morgan fingerprint density at radius 2 is 1.71 bits per heavy atom. The first-order chi connectivity index (χ1) is 7.72. The van der Waals surface area contributed by atoms with Gasteiger partial charge in [0.2, 0.25) is 4.33 Å². The number of carboxylic acid groups (broad SMARTS) is 1. The molecule has 0 atom stereocenters. The zero-order valence-corrected chi connectivity index (χ0v) is 11.5. The van der Waals surface area contributed by atoms with Gasteiger partial charge in [-0.15, -0.1) is 0 Å². The predicted octanol–water partition coefficient (Wildman–Crippen LogP) is 4.66. The summed E-state index contributed by atoms with van der Waals surface area (Å²) in [5.74, 6) is -1.32. The third-order valence-electron chi connectivity index (χ3n) is 2.02. The minimum Gasteiger partial charge on any atom is -0.479 e. The summed E-state index contributed by atoms with van der Waals surface area (Å²) in [6.45, 7) is 3.73. The molecule has 2 nitrogen and oxygen atoms in total. The second-order valence-corrected chi connectivity index (χ2v) is 5.80. The highest BCUT2D eigenvalue weighted by Gasteiger charge is 2.34. The third-order valence-corrected chi connectivity index (χ3v) is 3.05. The summed E-state index contributed by atoms with van der Waals surface area (Å²) < 4.78 is -1.91. The van der Waals surface area contributed by atoms with Crippen LogP contribution in [-0.2, 0) is 4.79 Å². The number of benzene rings is 1. The fourth-order valence-electron chi connectivity index (χ4n) is 1.20. The van der Waals surface area contributed by atoms with Crippen LogP contribution in [0.5, 0.6) is 0 Å². The highest BCUT2D eigenvalue weighted by atomic mass is 35.5. The van der Waals surface area contributed by atoms with Crippen LogP contribution in [0.3, 0.4) is 0 Å². The van der Waals surface area contributed by atoms with E-state index in [1.165, 1.54) is 0 Å². The quantitative estimate of drug-likeness (QED) is 0.821. The second kappa shape index (κ2) is 5.49. The fourth-order valence-corrected chi connectivity index (χ4v) is 2.05. The molecule has 1 aromatic rings. The summed E-state index contributed by atoms with van der Waals surface area (Å²) in [6, 6.07) is 4.79. The number of hydrogen-bond donors (Lipinski definition) is 1. The molecule has 0 saturated heterocycles. The van der Waals surface area contributed by atoms with Gasteiger partial charge < -0.3 is 5.11 Å². The number of aliphatic carboxylic acids is 1. The average Bonchev–Trinajstić information content (AvgIpc) is 2.15. The Labute approximate surface area is 119 Å². The number of halogens is 4. The number of allylic oxidation sites excluding steroid dienone is 1. The van der Waals surface area contributed by atoms with E-state index < -0.39 is 10.3 Å². The molecule has 1 aromatic carbocycles. The molecule has 92 valence electrons. The van der Waals surface area contributed by atoms with Gasteiger partial charge in [-0.1, -0.05) is 53.0 Å². The van der Waals surface area contributed by atoms with Crippen molar-refractivity contribution in [3.63, 3.8) is 0 Å². The van der Waals surface area contributed by atoms with Crippen LogP contribution in [0.1, 0.15) is 12.0 Å². The van der Waals surface area contributed by atoms with E-state index in [1.54, 1.807) is 18.2 Å². The van der Waals surface area contributed by atoms with Crippen LogP contribution in [0.25, 0.3) is 5.57 Å². The molecule has 0 amide bonds. The highest BCUT2D eigenvalue weighted by molar-refractivity contribution is 6.57. The van der Waals surface area contributed by atoms with Gasteiger partial charge in [0.1, 0.15) is 0 Å². The molecular formula is C11H8Cl4O2. The van der Waals surface area contributed by atoms with E-state index in [4.69, 9.17) is 51.5 Å². The predicted molar refractivity (Wildman–Crippen MR) is 72.2 cm³/mol. The van der Waals surface area contributed by atoms with E-state index in [2.05, 4.69) is 6.58 Å². The summed E-state index contributed by atoms with van der Waals surface area (Å²) in [7, 11) is 0. The number of rotatable bonds is 4. The molecule has 0 spiro atoms. The lowest BCUT2D eigenvalue weighted by atomic mass is 10.0. The van der Waals surface area contributed by atoms with E-state index in [-0.39, 0.29) is 6.42 Å². The maximum Gasteiger partial charge on any atom is 0.340 e. The smallest absolute Gasteiger partial charge is 0.340 e. The van der Waals surface area contributed by atoms with Crippen LogP contribution in [-0.4, -0.2) is 15.4 Å². The Morgan fingerprint density at radius 1 is 1.24 bits per heavy atom. The molecule has 0 bridgehead atoms. The van der Waals surface area contributed by atoms with Crippen molar-refractivity contribution in [1.29, 1.82) is 0 Å². The Balaban J connectivity index is 2.94. The van der Waals surface area contributed by atoms with Crippen molar-refractivity contribution in [1.82, 2.24) is 0 Å². The van der Waals surface area contributed by atoms with E-state index in [0.717, 1.165) is 0 Å². The van der Waals surface area contributed by atoms with Gasteiger partial charge in [0.05, 0.1) is 0 Å². The van der Waals surface area contributed by atoms with Crippen molar-refractivity contribution in [2.75, 3.05) is 0 Å². The van der Waals surface area contributed by atoms with Crippen molar-refractivity contribution in [3.05, 3.63) is 40.4 Å². The van der Waals surface area contributed by atoms with Crippen LogP contribution in [0.2, 0.25) is 10.0 Å². The zero-order valence-electron chi connectivity index (χ0n) is 8.51. The lowest BCUT2D eigenvalue weighted by Crippen LogP contribution is -2.25. The third kappa shape index (κ3) is 4.07. The molecule has 0 aliphatic rings. The molecule has 0 radical (unpaired) electrons. The summed E-state index contributed by atoms with van der Waals surface area (Å²) in [4.78, 5) is 10.8. The molecule has 1 N–H and O–H groups in total. The summed E-state index contributed by atoms with van der Waals surface area (Å²) in [6.07, 6.45) is -0.123. The molecule has 0 aliphatic carbocycles. The van der Waals surface area contributed by atoms with E-state index in [1.807, 2.05) is 0 Å². The molecule has 17 heavy (non-hydrogen) atoms. The SMILES string of the molecule is C=C(CC(Cl)(Cl)C(=O)O)c1cc(Cl)cc(Cl)c1. The fraction of sp³-hybridized carbons (Fsp3) is 0.182. The first-order valence-corrected chi connectivity index (χ1v) is 5.99. The minimum absolute atomic E-state index is 0.123. The first kappa shape index (κ1) is 14.7. The van der Waals surface area contributed by atoms with Gasteiger partial charge in [-0.05, 0) is 29.3 Å². The maximum absolute atomic E-state index is 10.8. The van der Waals surface area contributed by atoms with Crippen LogP contribution in [0, 0.1) is 0 Å². The maximum atomic E-state index is 10.8. The van der Waals surface area contributed by atoms with Gasteiger partial charge in [-0.25, -0.2) is 4.79 Å². The molecule has 6 heteroatoms. The van der Waals surface area contributed by atoms with E-state index >= 15 is 0 Å². The molecule has 0 fully saturated rings. The lowest BCUT2D eigenvalue weighted by molar-refractivity contribution is -0.137. The molecule has 0 aromatic heterocycles. The van der Waals surface area contributed by atoms with Crippen LogP contribution in [0.4, 0.5) is 0 Å². The molecular weight excluding hydrogens is 306 g/mol. The number of hydrogen-bond acceptors (Lipinski definition) is 1. The van der Waals surface area contributed by atoms with Gasteiger partial charge in [0.25, 0.3) is 0 Å². The van der Waals surface area contributed by atoms with Gasteiger partial charge in [0.15, 0.2) is 0 Å². The van der Waals surface area contributed by atoms with Gasteiger partial charge in [-0.3, -0.25) is 0 Å². The van der Waals surface area contributed by atoms with Crippen molar-refractivity contribution < 1.29 is 9.90 Å². The largest absolute Gasteiger partial charge is 0.479 e. The van der Waals surface area contributed by atoms with Crippen molar-refractivity contribution >= 4 is 57.9 Å². The Bertz CT molecular complexity index is 448. The van der Waals surface area contributed by atoms with Gasteiger partial charge >= 0.3 is 5.97 Å². The normalized spacial score (nSPS) is 11.3. The van der Waals surface area contributed by atoms with Crippen LogP contribution < -0.4 is 0 Å². The van der Waals surface area contributed by atoms with Crippen LogP contribution >= 0.6 is 46.4 Å². The van der Waals surface area contributed by atoms with E-state index in [9.17, 15) is 4.79 Å². The topological polar surface area (TPSA) is 37.3 Å². The molecule has 0 aliphatic heterocycles. The summed E-state index contributed by atoms with van der Waals surface area (Å²) in [5, 5.41) is 9.65. The molecule has 0 saturated carbocycles. The second-order valence-electron chi connectivity index (χ2n) is 3.45.